The highest BCUT2D eigenvalue weighted by Crippen LogP contribution is 2.23. The maximum Gasteiger partial charge on any atom is 0.225 e. The average Bonchev–Trinajstić information content (AvgIpc) is 3.16. The molecule has 6 nitrogen and oxygen atoms in total. The number of nitrogens with zero attached hydrogens (tertiary/aromatic N) is 3. The van der Waals surface area contributed by atoms with E-state index in [2.05, 4.69) is 54.1 Å². The molecule has 0 aliphatic carbocycles. The number of hydrogen-bond acceptors (Lipinski definition) is 4. The molecule has 1 unspecified atom stereocenters. The second-order valence-electron chi connectivity index (χ2n) is 8.61. The van der Waals surface area contributed by atoms with Crippen molar-refractivity contribution in [2.24, 2.45) is 5.92 Å². The van der Waals surface area contributed by atoms with E-state index >= 15 is 0 Å². The highest BCUT2D eigenvalue weighted by atomic mass is 16.2. The molecule has 0 bridgehead atoms. The monoisotopic (exact) mass is 414 g/mol. The molecule has 0 aromatic heterocycles. The molecule has 1 aromatic carbocycles. The van der Waals surface area contributed by atoms with Crippen LogP contribution in [-0.2, 0) is 22.7 Å². The number of nitrogens with one attached hydrogen (secondary N) is 1. The van der Waals surface area contributed by atoms with Gasteiger partial charge in [0.15, 0.2) is 0 Å². The number of piperazine rings is 1. The fourth-order valence-electron chi connectivity index (χ4n) is 4.71. The van der Waals surface area contributed by atoms with E-state index in [1.54, 1.807) is 0 Å². The minimum atomic E-state index is -0.229. The number of rotatable bonds is 9. The molecular weight excluding hydrogens is 376 g/mol. The van der Waals surface area contributed by atoms with Crippen molar-refractivity contribution in [2.75, 3.05) is 39.3 Å². The minimum absolute atomic E-state index is 0.00293. The van der Waals surface area contributed by atoms with Crippen LogP contribution in [-0.4, -0.2) is 71.8 Å². The zero-order chi connectivity index (χ0) is 21.5. The van der Waals surface area contributed by atoms with E-state index in [1.807, 2.05) is 11.0 Å². The van der Waals surface area contributed by atoms with Crippen LogP contribution in [0.4, 0.5) is 0 Å². The first kappa shape index (κ1) is 22.8. The topological polar surface area (TPSA) is 55.9 Å². The molecule has 0 saturated carbocycles. The Kier molecular flexibility index (Phi) is 8.28. The molecule has 6 heteroatoms. The number of carbonyl (C=O) groups is 2. The molecule has 1 aromatic rings. The molecule has 1 N–H and O–H groups in total. The van der Waals surface area contributed by atoms with Gasteiger partial charge in [-0.15, -0.1) is 0 Å². The smallest absolute Gasteiger partial charge is 0.225 e. The minimum Gasteiger partial charge on any atom is -0.352 e. The van der Waals surface area contributed by atoms with E-state index in [-0.39, 0.29) is 23.8 Å². The number of benzene rings is 1. The molecule has 30 heavy (non-hydrogen) atoms. The lowest BCUT2D eigenvalue weighted by molar-refractivity contribution is -0.130. The van der Waals surface area contributed by atoms with Crippen molar-refractivity contribution in [2.45, 2.75) is 59.2 Å². The van der Waals surface area contributed by atoms with Crippen LogP contribution in [0.15, 0.2) is 24.3 Å². The number of amides is 2. The third-order valence-corrected chi connectivity index (χ3v) is 6.79. The van der Waals surface area contributed by atoms with Crippen molar-refractivity contribution in [3.63, 3.8) is 0 Å². The van der Waals surface area contributed by atoms with Gasteiger partial charge in [-0.2, -0.15) is 0 Å². The van der Waals surface area contributed by atoms with Crippen LogP contribution in [0.1, 0.15) is 51.2 Å². The van der Waals surface area contributed by atoms with Gasteiger partial charge < -0.3 is 15.1 Å². The Labute approximate surface area is 181 Å². The Hall–Kier alpha value is -1.92. The summed E-state index contributed by atoms with van der Waals surface area (Å²) in [6.45, 7) is 14.0. The van der Waals surface area contributed by atoms with Crippen LogP contribution in [0.2, 0.25) is 0 Å². The third-order valence-electron chi connectivity index (χ3n) is 6.79. The summed E-state index contributed by atoms with van der Waals surface area (Å²) in [6.07, 6.45) is 2.22. The quantitative estimate of drug-likeness (QED) is 0.675. The van der Waals surface area contributed by atoms with Crippen molar-refractivity contribution < 1.29 is 9.59 Å². The SMILES string of the molecule is CCC(CC)N1CC(C(=O)NCc2ccccc2CN2CCN(CC)CC2)CC1=O. The normalized spacial score (nSPS) is 20.9. The predicted molar refractivity (Wildman–Crippen MR) is 120 cm³/mol. The first-order valence-corrected chi connectivity index (χ1v) is 11.6. The van der Waals surface area contributed by atoms with Crippen molar-refractivity contribution in [3.8, 4) is 0 Å². The fraction of sp³-hybridized carbons (Fsp3) is 0.667. The maximum atomic E-state index is 12.8. The molecular formula is C24H38N4O2. The Morgan fingerprint density at radius 1 is 1.03 bits per heavy atom. The maximum absolute atomic E-state index is 12.8. The van der Waals surface area contributed by atoms with Gasteiger partial charge in [0, 0.05) is 58.3 Å². The first-order chi connectivity index (χ1) is 14.5. The van der Waals surface area contributed by atoms with Crippen LogP contribution < -0.4 is 5.32 Å². The summed E-state index contributed by atoms with van der Waals surface area (Å²) in [5.74, 6) is -0.106. The highest BCUT2D eigenvalue weighted by Gasteiger charge is 2.36. The molecule has 2 fully saturated rings. The highest BCUT2D eigenvalue weighted by molar-refractivity contribution is 5.89. The Balaban J connectivity index is 1.54. The molecule has 0 spiro atoms. The van der Waals surface area contributed by atoms with Crippen LogP contribution in [0.5, 0.6) is 0 Å². The van der Waals surface area contributed by atoms with Crippen LogP contribution >= 0.6 is 0 Å². The standard InChI is InChI=1S/C24H38N4O2/c1-4-22(5-2)28-18-21(15-23(28)29)24(30)25-16-19-9-7-8-10-20(19)17-27-13-11-26(6-3)12-14-27/h7-10,21-22H,4-6,11-18H2,1-3H3,(H,25,30). The summed E-state index contributed by atoms with van der Waals surface area (Å²) in [5, 5.41) is 3.11. The molecule has 2 saturated heterocycles. The number of likely N-dealkylation sites (N-methyl/N-ethyl adjacent to an activating group) is 1. The van der Waals surface area contributed by atoms with Crippen molar-refractivity contribution in [1.29, 1.82) is 0 Å². The summed E-state index contributed by atoms with van der Waals surface area (Å²) >= 11 is 0. The lowest BCUT2D eigenvalue weighted by atomic mass is 10.0. The van der Waals surface area contributed by atoms with Crippen molar-refractivity contribution in [3.05, 3.63) is 35.4 Å². The molecule has 1 atom stereocenters. The lowest BCUT2D eigenvalue weighted by Gasteiger charge is -2.34. The van der Waals surface area contributed by atoms with Gasteiger partial charge in [-0.05, 0) is 30.5 Å². The molecule has 2 heterocycles. The molecule has 0 radical (unpaired) electrons. The van der Waals surface area contributed by atoms with Gasteiger partial charge in [-0.3, -0.25) is 14.5 Å². The van der Waals surface area contributed by atoms with Crippen LogP contribution in [0.3, 0.4) is 0 Å². The van der Waals surface area contributed by atoms with Crippen molar-refractivity contribution in [1.82, 2.24) is 20.0 Å². The van der Waals surface area contributed by atoms with Gasteiger partial charge in [-0.25, -0.2) is 0 Å². The number of likely N-dealkylation sites (tertiary alicyclic amines) is 1. The van der Waals surface area contributed by atoms with Gasteiger partial charge in [-0.1, -0.05) is 45.0 Å². The molecule has 166 valence electrons. The average molecular weight is 415 g/mol. The van der Waals surface area contributed by atoms with E-state index in [4.69, 9.17) is 0 Å². The number of hydrogen-bond donors (Lipinski definition) is 1. The molecule has 3 rings (SSSR count). The van der Waals surface area contributed by atoms with E-state index < -0.39 is 0 Å². The van der Waals surface area contributed by atoms with E-state index in [9.17, 15) is 9.59 Å². The fourth-order valence-corrected chi connectivity index (χ4v) is 4.71. The zero-order valence-electron chi connectivity index (χ0n) is 18.9. The largest absolute Gasteiger partial charge is 0.352 e. The summed E-state index contributed by atoms with van der Waals surface area (Å²) in [5.41, 5.74) is 2.45. The van der Waals surface area contributed by atoms with Gasteiger partial charge >= 0.3 is 0 Å². The van der Waals surface area contributed by atoms with E-state index in [0.717, 1.165) is 52.1 Å². The van der Waals surface area contributed by atoms with Gasteiger partial charge in [0.25, 0.3) is 0 Å². The van der Waals surface area contributed by atoms with Crippen molar-refractivity contribution >= 4 is 11.8 Å². The summed E-state index contributed by atoms with van der Waals surface area (Å²) in [4.78, 5) is 32.0. The number of carbonyl (C=O) groups excluding carboxylic acids is 2. The van der Waals surface area contributed by atoms with Gasteiger partial charge in [0.1, 0.15) is 0 Å². The first-order valence-electron chi connectivity index (χ1n) is 11.6. The predicted octanol–water partition coefficient (Wildman–Crippen LogP) is 2.48. The second kappa shape index (κ2) is 10.9. The second-order valence-corrected chi connectivity index (χ2v) is 8.61. The zero-order valence-corrected chi connectivity index (χ0v) is 18.9. The van der Waals surface area contributed by atoms with Gasteiger partial charge in [0.05, 0.1) is 5.92 Å². The molecule has 2 amide bonds. The third kappa shape index (κ3) is 5.61. The Bertz CT molecular complexity index is 711. The summed E-state index contributed by atoms with van der Waals surface area (Å²) in [7, 11) is 0. The lowest BCUT2D eigenvalue weighted by Crippen LogP contribution is -2.45. The Morgan fingerprint density at radius 2 is 1.67 bits per heavy atom. The Morgan fingerprint density at radius 3 is 2.30 bits per heavy atom. The molecule has 2 aliphatic heterocycles. The molecule has 2 aliphatic rings. The summed E-state index contributed by atoms with van der Waals surface area (Å²) in [6, 6.07) is 8.64. The van der Waals surface area contributed by atoms with Crippen LogP contribution in [0, 0.1) is 5.92 Å². The van der Waals surface area contributed by atoms with E-state index in [0.29, 0.717) is 19.5 Å². The summed E-state index contributed by atoms with van der Waals surface area (Å²) < 4.78 is 0. The van der Waals surface area contributed by atoms with Crippen LogP contribution in [0.25, 0.3) is 0 Å². The van der Waals surface area contributed by atoms with E-state index in [1.165, 1.54) is 11.1 Å². The van der Waals surface area contributed by atoms with Gasteiger partial charge in [0.2, 0.25) is 11.8 Å².